The maximum Gasteiger partial charge on any atom is 0.224 e. The quantitative estimate of drug-likeness (QED) is 0.673. The van der Waals surface area contributed by atoms with Crippen molar-refractivity contribution in [2.75, 3.05) is 5.32 Å². The van der Waals surface area contributed by atoms with E-state index in [1.165, 1.54) is 38.5 Å². The lowest BCUT2D eigenvalue weighted by Gasteiger charge is -2.13. The fourth-order valence-corrected chi connectivity index (χ4v) is 2.73. The molecule has 1 aromatic heterocycles. The third kappa shape index (κ3) is 4.41. The van der Waals surface area contributed by atoms with Crippen molar-refractivity contribution in [1.82, 2.24) is 4.98 Å². The summed E-state index contributed by atoms with van der Waals surface area (Å²) in [6, 6.07) is 3.70. The van der Waals surface area contributed by atoms with Gasteiger partial charge in [-0.05, 0) is 46.8 Å². The molecule has 0 radical (unpaired) electrons. The Balaban J connectivity index is 1.82. The Morgan fingerprint density at radius 2 is 2.00 bits per heavy atom. The first kappa shape index (κ1) is 13.5. The maximum absolute atomic E-state index is 11.9. The topological polar surface area (TPSA) is 42.0 Å². The number of nitrogens with one attached hydrogen (secondary N) is 1. The van der Waals surface area contributed by atoms with Crippen molar-refractivity contribution in [1.29, 1.82) is 0 Å². The summed E-state index contributed by atoms with van der Waals surface area (Å²) in [5.74, 6) is 0.682. The zero-order valence-corrected chi connectivity index (χ0v) is 12.1. The van der Waals surface area contributed by atoms with Gasteiger partial charge >= 0.3 is 0 Å². The molecule has 3 nitrogen and oxygen atoms in total. The summed E-state index contributed by atoms with van der Waals surface area (Å²) in [4.78, 5) is 16.0. The van der Waals surface area contributed by atoms with Crippen molar-refractivity contribution in [3.05, 3.63) is 22.9 Å². The molecule has 0 saturated heterocycles. The van der Waals surface area contributed by atoms with Gasteiger partial charge in [0.15, 0.2) is 0 Å². The van der Waals surface area contributed by atoms with Gasteiger partial charge in [0, 0.05) is 6.42 Å². The fourth-order valence-electron chi connectivity index (χ4n) is 2.49. The highest BCUT2D eigenvalue weighted by atomic mass is 79.9. The van der Waals surface area contributed by atoms with Crippen LogP contribution in [0.1, 0.15) is 44.9 Å². The lowest BCUT2D eigenvalue weighted by atomic mass is 9.96. The highest BCUT2D eigenvalue weighted by Gasteiger charge is 2.16. The molecule has 0 bridgehead atoms. The number of rotatable bonds is 3. The third-order valence-electron chi connectivity index (χ3n) is 3.46. The first-order chi connectivity index (χ1) is 8.74. The predicted molar refractivity (Wildman–Crippen MR) is 76.4 cm³/mol. The smallest absolute Gasteiger partial charge is 0.224 e. The van der Waals surface area contributed by atoms with Gasteiger partial charge in [0.2, 0.25) is 5.91 Å². The van der Waals surface area contributed by atoms with Crippen LogP contribution in [0.25, 0.3) is 0 Å². The molecule has 0 unspecified atom stereocenters. The number of hydrogen-bond acceptors (Lipinski definition) is 2. The minimum atomic E-state index is 0.117. The number of aromatic nitrogens is 1. The SMILES string of the molecule is O=C(CC1CCCCCC1)Nc1ccc(Br)nc1. The van der Waals surface area contributed by atoms with Gasteiger partial charge in [-0.1, -0.05) is 25.7 Å². The molecule has 4 heteroatoms. The van der Waals surface area contributed by atoms with Gasteiger partial charge in [0.05, 0.1) is 11.9 Å². The molecule has 1 saturated carbocycles. The molecule has 1 N–H and O–H groups in total. The Hall–Kier alpha value is -0.900. The largest absolute Gasteiger partial charge is 0.325 e. The van der Waals surface area contributed by atoms with Crippen molar-refractivity contribution < 1.29 is 4.79 Å². The number of carbonyl (C=O) groups excluding carboxylic acids is 1. The number of halogens is 1. The highest BCUT2D eigenvalue weighted by molar-refractivity contribution is 9.10. The summed E-state index contributed by atoms with van der Waals surface area (Å²) in [6.07, 6.45) is 9.93. The second kappa shape index (κ2) is 6.88. The molecule has 1 heterocycles. The van der Waals surface area contributed by atoms with Crippen LogP contribution in [0.4, 0.5) is 5.69 Å². The van der Waals surface area contributed by atoms with Gasteiger partial charge < -0.3 is 5.32 Å². The number of carbonyl (C=O) groups is 1. The van der Waals surface area contributed by atoms with E-state index in [1.54, 1.807) is 6.20 Å². The van der Waals surface area contributed by atoms with E-state index in [-0.39, 0.29) is 5.91 Å². The van der Waals surface area contributed by atoms with E-state index in [2.05, 4.69) is 26.2 Å². The number of nitrogens with zero attached hydrogens (tertiary/aromatic N) is 1. The first-order valence-electron chi connectivity index (χ1n) is 6.65. The third-order valence-corrected chi connectivity index (χ3v) is 3.93. The molecule has 0 spiro atoms. The Labute approximate surface area is 117 Å². The minimum Gasteiger partial charge on any atom is -0.325 e. The molecule has 1 amide bonds. The van der Waals surface area contributed by atoms with Crippen LogP contribution < -0.4 is 5.32 Å². The first-order valence-corrected chi connectivity index (χ1v) is 7.45. The monoisotopic (exact) mass is 310 g/mol. The van der Waals surface area contributed by atoms with Gasteiger partial charge in [-0.2, -0.15) is 0 Å². The molecule has 0 atom stereocenters. The Morgan fingerprint density at radius 1 is 1.28 bits per heavy atom. The van der Waals surface area contributed by atoms with E-state index < -0.39 is 0 Å². The average molecular weight is 311 g/mol. The van der Waals surface area contributed by atoms with E-state index >= 15 is 0 Å². The summed E-state index contributed by atoms with van der Waals surface area (Å²) < 4.78 is 0.782. The zero-order chi connectivity index (χ0) is 12.8. The predicted octanol–water partition coefficient (Wildman–Crippen LogP) is 4.14. The standard InChI is InChI=1S/C14H19BrN2O/c15-13-8-7-12(10-16-13)17-14(18)9-11-5-3-1-2-4-6-11/h7-8,10-11H,1-6,9H2,(H,17,18). The summed E-state index contributed by atoms with van der Waals surface area (Å²) in [5, 5.41) is 2.91. The Bertz CT molecular complexity index is 383. The van der Waals surface area contributed by atoms with Crippen LogP contribution in [0.3, 0.4) is 0 Å². The van der Waals surface area contributed by atoms with Crippen LogP contribution in [0.15, 0.2) is 22.9 Å². The average Bonchev–Trinajstić information content (AvgIpc) is 2.61. The maximum atomic E-state index is 11.9. The molecular formula is C14H19BrN2O. The van der Waals surface area contributed by atoms with Crippen molar-refractivity contribution in [2.24, 2.45) is 5.92 Å². The van der Waals surface area contributed by atoms with Gasteiger partial charge in [0.1, 0.15) is 4.60 Å². The van der Waals surface area contributed by atoms with Crippen molar-refractivity contribution in [3.63, 3.8) is 0 Å². The number of anilines is 1. The van der Waals surface area contributed by atoms with Crippen LogP contribution in [-0.2, 0) is 4.79 Å². The lowest BCUT2D eigenvalue weighted by molar-refractivity contribution is -0.117. The van der Waals surface area contributed by atoms with Crippen LogP contribution in [0.5, 0.6) is 0 Å². The number of pyridine rings is 1. The van der Waals surface area contributed by atoms with Crippen molar-refractivity contribution in [2.45, 2.75) is 44.9 Å². The van der Waals surface area contributed by atoms with Gasteiger partial charge in [-0.25, -0.2) is 4.98 Å². The molecular weight excluding hydrogens is 292 g/mol. The molecule has 1 aromatic rings. The van der Waals surface area contributed by atoms with Crippen LogP contribution >= 0.6 is 15.9 Å². The van der Waals surface area contributed by atoms with E-state index in [0.717, 1.165) is 10.3 Å². The Morgan fingerprint density at radius 3 is 2.61 bits per heavy atom. The molecule has 2 rings (SSSR count). The fraction of sp³-hybridized carbons (Fsp3) is 0.571. The molecule has 0 aliphatic heterocycles. The second-order valence-electron chi connectivity index (χ2n) is 4.98. The van der Waals surface area contributed by atoms with Crippen LogP contribution in [-0.4, -0.2) is 10.9 Å². The molecule has 98 valence electrons. The van der Waals surface area contributed by atoms with Crippen molar-refractivity contribution in [3.8, 4) is 0 Å². The van der Waals surface area contributed by atoms with Crippen LogP contribution in [0.2, 0.25) is 0 Å². The summed E-state index contributed by atoms with van der Waals surface area (Å²) in [7, 11) is 0. The minimum absolute atomic E-state index is 0.117. The van der Waals surface area contributed by atoms with E-state index in [1.807, 2.05) is 12.1 Å². The van der Waals surface area contributed by atoms with Crippen molar-refractivity contribution >= 4 is 27.5 Å². The Kier molecular flexibility index (Phi) is 5.17. The normalized spacial score (nSPS) is 17.2. The van der Waals surface area contributed by atoms with E-state index in [9.17, 15) is 4.79 Å². The molecule has 1 fully saturated rings. The number of amides is 1. The molecule has 1 aliphatic rings. The molecule has 1 aliphatic carbocycles. The van der Waals surface area contributed by atoms with E-state index in [4.69, 9.17) is 0 Å². The van der Waals surface area contributed by atoms with Gasteiger partial charge in [0.25, 0.3) is 0 Å². The van der Waals surface area contributed by atoms with Gasteiger partial charge in [-0.15, -0.1) is 0 Å². The summed E-state index contributed by atoms with van der Waals surface area (Å²) >= 11 is 3.28. The van der Waals surface area contributed by atoms with E-state index in [0.29, 0.717) is 12.3 Å². The second-order valence-corrected chi connectivity index (χ2v) is 5.79. The van der Waals surface area contributed by atoms with Crippen LogP contribution in [0, 0.1) is 5.92 Å². The number of hydrogen-bond donors (Lipinski definition) is 1. The molecule has 18 heavy (non-hydrogen) atoms. The lowest BCUT2D eigenvalue weighted by Crippen LogP contribution is -2.16. The zero-order valence-electron chi connectivity index (χ0n) is 10.5. The highest BCUT2D eigenvalue weighted by Crippen LogP contribution is 2.25. The van der Waals surface area contributed by atoms with Gasteiger partial charge in [-0.3, -0.25) is 4.79 Å². The summed E-state index contributed by atoms with van der Waals surface area (Å²) in [5.41, 5.74) is 0.775. The molecule has 0 aromatic carbocycles. The summed E-state index contributed by atoms with van der Waals surface area (Å²) in [6.45, 7) is 0.